The minimum Gasteiger partial charge on any atom is -0.403 e. The van der Waals surface area contributed by atoms with E-state index in [-0.39, 0.29) is 0 Å². The van der Waals surface area contributed by atoms with Gasteiger partial charge in [-0.2, -0.15) is 0 Å². The van der Waals surface area contributed by atoms with Crippen molar-refractivity contribution in [2.24, 2.45) is 5.73 Å². The highest BCUT2D eigenvalue weighted by atomic mass is 15.1. The lowest BCUT2D eigenvalue weighted by Gasteiger charge is -2.19. The van der Waals surface area contributed by atoms with E-state index in [1.54, 1.807) is 12.4 Å². The highest BCUT2D eigenvalue weighted by Crippen LogP contribution is 2.17. The van der Waals surface area contributed by atoms with Crippen LogP contribution in [0.25, 0.3) is 0 Å². The maximum absolute atomic E-state index is 5.43. The van der Waals surface area contributed by atoms with Crippen LogP contribution in [0.3, 0.4) is 0 Å². The fourth-order valence-electron chi connectivity index (χ4n) is 1.12. The predicted molar refractivity (Wildman–Crippen MR) is 57.1 cm³/mol. The Balaban J connectivity index is 2.98. The monoisotopic (exact) mass is 174 g/mol. The molecule has 0 radical (unpaired) electrons. The highest BCUT2D eigenvalue weighted by Gasteiger charge is 2.01. The number of nitrogens with zero attached hydrogens (tertiary/aromatic N) is 1. The third-order valence-corrected chi connectivity index (χ3v) is 1.84. The minimum atomic E-state index is 0.959. The fourth-order valence-corrected chi connectivity index (χ4v) is 1.12. The van der Waals surface area contributed by atoms with Crippen LogP contribution in [0, 0.1) is 0 Å². The van der Waals surface area contributed by atoms with Gasteiger partial charge in [-0.1, -0.05) is 24.8 Å². The van der Waals surface area contributed by atoms with E-state index in [9.17, 15) is 0 Å². The lowest BCUT2D eigenvalue weighted by Crippen LogP contribution is -2.13. The van der Waals surface area contributed by atoms with Gasteiger partial charge in [-0.25, -0.2) is 0 Å². The molecule has 0 aliphatic rings. The van der Waals surface area contributed by atoms with E-state index in [0.717, 1.165) is 11.4 Å². The molecule has 0 saturated heterocycles. The van der Waals surface area contributed by atoms with E-state index >= 15 is 0 Å². The Kier molecular flexibility index (Phi) is 3.15. The molecule has 2 heteroatoms. The van der Waals surface area contributed by atoms with Crippen LogP contribution in [0.4, 0.5) is 5.69 Å². The Hall–Kier alpha value is -1.70. The first-order chi connectivity index (χ1) is 6.29. The highest BCUT2D eigenvalue weighted by molar-refractivity contribution is 5.53. The third kappa shape index (κ3) is 2.12. The van der Waals surface area contributed by atoms with Crippen molar-refractivity contribution in [3.05, 3.63) is 55.0 Å². The first-order valence-corrected chi connectivity index (χ1v) is 4.15. The Labute approximate surface area is 79.0 Å². The zero-order valence-electron chi connectivity index (χ0n) is 7.77. The maximum atomic E-state index is 5.43. The SMILES string of the molecule is C=CN(/C(C)=C\N)c1ccccc1. The van der Waals surface area contributed by atoms with E-state index in [0.29, 0.717) is 0 Å². The Bertz CT molecular complexity index is 301. The van der Waals surface area contributed by atoms with Crippen LogP contribution in [0.15, 0.2) is 55.0 Å². The molecule has 1 rings (SSSR count). The lowest BCUT2D eigenvalue weighted by atomic mass is 10.3. The molecule has 2 nitrogen and oxygen atoms in total. The molecule has 2 N–H and O–H groups in total. The van der Waals surface area contributed by atoms with E-state index in [1.165, 1.54) is 0 Å². The predicted octanol–water partition coefficient (Wildman–Crippen LogP) is 2.46. The molecule has 1 aromatic rings. The van der Waals surface area contributed by atoms with Gasteiger partial charge >= 0.3 is 0 Å². The number of hydrogen-bond acceptors (Lipinski definition) is 2. The second-order valence-corrected chi connectivity index (χ2v) is 2.70. The summed E-state index contributed by atoms with van der Waals surface area (Å²) in [5.74, 6) is 0. The van der Waals surface area contributed by atoms with Crippen LogP contribution >= 0.6 is 0 Å². The normalized spacial score (nSPS) is 11.0. The first kappa shape index (κ1) is 9.39. The Morgan fingerprint density at radius 2 is 2.00 bits per heavy atom. The van der Waals surface area contributed by atoms with Crippen molar-refractivity contribution in [1.29, 1.82) is 0 Å². The second-order valence-electron chi connectivity index (χ2n) is 2.70. The van der Waals surface area contributed by atoms with E-state index < -0.39 is 0 Å². The molecule has 0 aromatic heterocycles. The zero-order valence-corrected chi connectivity index (χ0v) is 7.77. The van der Waals surface area contributed by atoms with Crippen LogP contribution in [0.1, 0.15) is 6.92 Å². The molecule has 0 aliphatic heterocycles. The Morgan fingerprint density at radius 1 is 1.38 bits per heavy atom. The number of para-hydroxylation sites is 1. The van der Waals surface area contributed by atoms with Gasteiger partial charge in [-0.3, -0.25) is 0 Å². The summed E-state index contributed by atoms with van der Waals surface area (Å²) in [4.78, 5) is 1.93. The van der Waals surface area contributed by atoms with E-state index in [4.69, 9.17) is 5.73 Å². The average molecular weight is 174 g/mol. The summed E-state index contributed by atoms with van der Waals surface area (Å²) >= 11 is 0. The number of rotatable bonds is 3. The van der Waals surface area contributed by atoms with Crippen molar-refractivity contribution in [1.82, 2.24) is 0 Å². The van der Waals surface area contributed by atoms with Crippen LogP contribution < -0.4 is 10.6 Å². The molecule has 0 spiro atoms. The van der Waals surface area contributed by atoms with Gasteiger partial charge in [0.25, 0.3) is 0 Å². The summed E-state index contributed by atoms with van der Waals surface area (Å²) in [5.41, 5.74) is 7.46. The smallest absolute Gasteiger partial charge is 0.0452 e. The topological polar surface area (TPSA) is 29.3 Å². The number of anilines is 1. The van der Waals surface area contributed by atoms with Crippen molar-refractivity contribution in [3.8, 4) is 0 Å². The molecule has 0 amide bonds. The van der Waals surface area contributed by atoms with Gasteiger partial charge in [0.05, 0.1) is 0 Å². The summed E-state index contributed by atoms with van der Waals surface area (Å²) in [5, 5.41) is 0. The van der Waals surface area contributed by atoms with Gasteiger partial charge in [0.1, 0.15) is 0 Å². The van der Waals surface area contributed by atoms with Gasteiger partial charge in [-0.15, -0.1) is 0 Å². The lowest BCUT2D eigenvalue weighted by molar-refractivity contribution is 1.14. The largest absolute Gasteiger partial charge is 0.403 e. The van der Waals surface area contributed by atoms with Gasteiger partial charge in [0.2, 0.25) is 0 Å². The molecule has 68 valence electrons. The average Bonchev–Trinajstić information content (AvgIpc) is 2.20. The van der Waals surface area contributed by atoms with Crippen LogP contribution in [-0.2, 0) is 0 Å². The van der Waals surface area contributed by atoms with Crippen molar-refractivity contribution in [2.75, 3.05) is 4.90 Å². The number of allylic oxidation sites excluding steroid dienone is 1. The van der Waals surface area contributed by atoms with Crippen molar-refractivity contribution in [3.63, 3.8) is 0 Å². The molecule has 0 bridgehead atoms. The molecule has 0 saturated carbocycles. The van der Waals surface area contributed by atoms with Crippen LogP contribution in [0.2, 0.25) is 0 Å². The zero-order chi connectivity index (χ0) is 9.68. The van der Waals surface area contributed by atoms with E-state index in [1.807, 2.05) is 42.2 Å². The molecule has 13 heavy (non-hydrogen) atoms. The third-order valence-electron chi connectivity index (χ3n) is 1.84. The van der Waals surface area contributed by atoms with Crippen LogP contribution in [-0.4, -0.2) is 0 Å². The molecule has 0 heterocycles. The first-order valence-electron chi connectivity index (χ1n) is 4.15. The molecule has 0 unspecified atom stereocenters. The number of hydrogen-bond donors (Lipinski definition) is 1. The van der Waals surface area contributed by atoms with Gasteiger partial charge in [0, 0.05) is 23.8 Å². The summed E-state index contributed by atoms with van der Waals surface area (Å²) in [6.07, 6.45) is 3.31. The summed E-state index contributed by atoms with van der Waals surface area (Å²) in [6.45, 7) is 5.68. The molecule has 0 fully saturated rings. The van der Waals surface area contributed by atoms with Crippen molar-refractivity contribution in [2.45, 2.75) is 6.92 Å². The molecular weight excluding hydrogens is 160 g/mol. The molecular formula is C11H14N2. The fraction of sp³-hybridized carbons (Fsp3) is 0.0909. The molecule has 1 aromatic carbocycles. The van der Waals surface area contributed by atoms with Gasteiger partial charge in [0.15, 0.2) is 0 Å². The standard InChI is InChI=1S/C11H14N2/c1-3-13(10(2)9-12)11-7-5-4-6-8-11/h3-9H,1,12H2,2H3/b10-9-. The van der Waals surface area contributed by atoms with Crippen molar-refractivity contribution < 1.29 is 0 Å². The Morgan fingerprint density at radius 3 is 2.46 bits per heavy atom. The minimum absolute atomic E-state index is 0.959. The molecule has 0 atom stereocenters. The quantitative estimate of drug-likeness (QED) is 0.762. The van der Waals surface area contributed by atoms with E-state index in [2.05, 4.69) is 6.58 Å². The number of nitrogens with two attached hydrogens (primary N) is 1. The van der Waals surface area contributed by atoms with Gasteiger partial charge < -0.3 is 10.6 Å². The summed E-state index contributed by atoms with van der Waals surface area (Å²) in [6, 6.07) is 9.96. The maximum Gasteiger partial charge on any atom is 0.0452 e. The summed E-state index contributed by atoms with van der Waals surface area (Å²) < 4.78 is 0. The van der Waals surface area contributed by atoms with Crippen molar-refractivity contribution >= 4 is 5.69 Å². The molecule has 0 aliphatic carbocycles. The second kappa shape index (κ2) is 4.36. The van der Waals surface area contributed by atoms with Gasteiger partial charge in [-0.05, 0) is 19.1 Å². The number of benzene rings is 1. The summed E-state index contributed by atoms with van der Waals surface area (Å²) in [7, 11) is 0. The van der Waals surface area contributed by atoms with Crippen LogP contribution in [0.5, 0.6) is 0 Å².